The third-order valence-electron chi connectivity index (χ3n) is 4.09. The second-order valence-electron chi connectivity index (χ2n) is 6.84. The van der Waals surface area contributed by atoms with Gasteiger partial charge in [-0.05, 0) is 56.9 Å². The third kappa shape index (κ3) is 6.10. The normalized spacial score (nSPS) is 20.0. The average molecular weight is 302 g/mol. The fourth-order valence-corrected chi connectivity index (χ4v) is 4.11. The molecule has 2 fully saturated rings. The van der Waals surface area contributed by atoms with Crippen LogP contribution in [0.15, 0.2) is 0 Å². The van der Waals surface area contributed by atoms with Crippen LogP contribution in [0.25, 0.3) is 0 Å². The Kier molecular flexibility index (Phi) is 5.87. The molecule has 0 spiro atoms. The fraction of sp³-hybridized carbons (Fsp3) is 1.00. The van der Waals surface area contributed by atoms with Crippen LogP contribution >= 0.6 is 0 Å². The first-order valence-corrected chi connectivity index (χ1v) is 9.79. The minimum atomic E-state index is -3.03. The van der Waals surface area contributed by atoms with Gasteiger partial charge in [0, 0.05) is 19.1 Å². The Morgan fingerprint density at radius 3 is 2.05 bits per heavy atom. The van der Waals surface area contributed by atoms with E-state index in [1.165, 1.54) is 25.7 Å². The molecule has 20 heavy (non-hydrogen) atoms. The minimum absolute atomic E-state index is 0.326. The Labute approximate surface area is 124 Å². The number of sulfonamides is 1. The highest BCUT2D eigenvalue weighted by Crippen LogP contribution is 2.34. The second-order valence-corrected chi connectivity index (χ2v) is 8.92. The molecule has 0 aliphatic heterocycles. The third-order valence-corrected chi connectivity index (χ3v) is 5.98. The average Bonchev–Trinajstić information content (AvgIpc) is 3.22. The fourth-order valence-electron chi connectivity index (χ4n) is 2.41. The number of rotatable bonds is 11. The number of nitrogens with one attached hydrogen (secondary N) is 1. The molecule has 0 unspecified atom stereocenters. The molecule has 0 saturated heterocycles. The summed E-state index contributed by atoms with van der Waals surface area (Å²) in [5.41, 5.74) is 0. The quantitative estimate of drug-likeness (QED) is 0.595. The largest absolute Gasteiger partial charge is 0.315 e. The lowest BCUT2D eigenvalue weighted by atomic mass is 10.3. The summed E-state index contributed by atoms with van der Waals surface area (Å²) in [5, 5.41) is 3.34. The summed E-state index contributed by atoms with van der Waals surface area (Å²) in [6.07, 6.45) is 6.58. The first kappa shape index (κ1) is 16.2. The molecule has 2 aliphatic carbocycles. The van der Waals surface area contributed by atoms with E-state index in [4.69, 9.17) is 0 Å². The van der Waals surface area contributed by atoms with E-state index >= 15 is 0 Å². The van der Waals surface area contributed by atoms with Crippen LogP contribution in [0.4, 0.5) is 0 Å². The molecule has 2 aliphatic rings. The van der Waals surface area contributed by atoms with Crippen molar-refractivity contribution in [1.82, 2.24) is 9.62 Å². The van der Waals surface area contributed by atoms with Gasteiger partial charge in [-0.15, -0.1) is 0 Å². The summed E-state index contributed by atoms with van der Waals surface area (Å²) < 4.78 is 26.7. The number of hydrogen-bond acceptors (Lipinski definition) is 3. The standard InChI is InChI=1S/C15H30N2O2S/c1-13(2)16-9-3-4-10-20(18,19)17(11-14-5-6-14)12-15-7-8-15/h13-16H,3-12H2,1-2H3. The molecule has 2 saturated carbocycles. The molecule has 5 heteroatoms. The van der Waals surface area contributed by atoms with Gasteiger partial charge in [-0.1, -0.05) is 13.8 Å². The van der Waals surface area contributed by atoms with Gasteiger partial charge in [0.25, 0.3) is 0 Å². The molecule has 0 aromatic carbocycles. The molecule has 0 bridgehead atoms. The summed E-state index contributed by atoms with van der Waals surface area (Å²) >= 11 is 0. The maximum Gasteiger partial charge on any atom is 0.214 e. The summed E-state index contributed by atoms with van der Waals surface area (Å²) in [6.45, 7) is 6.71. The zero-order chi connectivity index (χ0) is 14.6. The van der Waals surface area contributed by atoms with Gasteiger partial charge in [-0.2, -0.15) is 0 Å². The van der Waals surface area contributed by atoms with Crippen LogP contribution in [0.1, 0.15) is 52.4 Å². The Balaban J connectivity index is 1.72. The van der Waals surface area contributed by atoms with Gasteiger partial charge in [0.15, 0.2) is 0 Å². The molecule has 2 rings (SSSR count). The van der Waals surface area contributed by atoms with E-state index in [-0.39, 0.29) is 0 Å². The van der Waals surface area contributed by atoms with Gasteiger partial charge in [-0.3, -0.25) is 0 Å². The van der Waals surface area contributed by atoms with Crippen molar-refractivity contribution >= 4 is 10.0 Å². The van der Waals surface area contributed by atoms with Crippen LogP contribution in [0.5, 0.6) is 0 Å². The predicted octanol–water partition coefficient (Wildman–Crippen LogP) is 2.22. The molecular weight excluding hydrogens is 272 g/mol. The molecule has 0 radical (unpaired) electrons. The molecule has 0 atom stereocenters. The zero-order valence-corrected chi connectivity index (χ0v) is 13.8. The highest BCUT2D eigenvalue weighted by Gasteiger charge is 2.34. The van der Waals surface area contributed by atoms with Crippen molar-refractivity contribution in [2.75, 3.05) is 25.4 Å². The maximum atomic E-state index is 12.5. The van der Waals surface area contributed by atoms with Crippen LogP contribution in [0, 0.1) is 11.8 Å². The van der Waals surface area contributed by atoms with Crippen molar-refractivity contribution in [3.05, 3.63) is 0 Å². The van der Waals surface area contributed by atoms with E-state index in [1.807, 2.05) is 0 Å². The maximum absolute atomic E-state index is 12.5. The minimum Gasteiger partial charge on any atom is -0.315 e. The van der Waals surface area contributed by atoms with Gasteiger partial charge in [-0.25, -0.2) is 12.7 Å². The van der Waals surface area contributed by atoms with Crippen LogP contribution in [0.3, 0.4) is 0 Å². The second kappa shape index (κ2) is 7.23. The highest BCUT2D eigenvalue weighted by molar-refractivity contribution is 7.89. The molecule has 118 valence electrons. The molecule has 4 nitrogen and oxygen atoms in total. The van der Waals surface area contributed by atoms with Gasteiger partial charge in [0.2, 0.25) is 10.0 Å². The van der Waals surface area contributed by atoms with Gasteiger partial charge in [0.05, 0.1) is 5.75 Å². The van der Waals surface area contributed by atoms with E-state index < -0.39 is 10.0 Å². The van der Waals surface area contributed by atoms with Crippen LogP contribution in [0.2, 0.25) is 0 Å². The van der Waals surface area contributed by atoms with E-state index in [2.05, 4.69) is 19.2 Å². The van der Waals surface area contributed by atoms with Crippen molar-refractivity contribution in [2.45, 2.75) is 58.4 Å². The Morgan fingerprint density at radius 2 is 1.60 bits per heavy atom. The van der Waals surface area contributed by atoms with E-state index in [0.717, 1.165) is 32.5 Å². The molecule has 0 aromatic heterocycles. The first-order valence-electron chi connectivity index (χ1n) is 8.18. The summed E-state index contributed by atoms with van der Waals surface area (Å²) in [4.78, 5) is 0. The van der Waals surface area contributed by atoms with Crippen LogP contribution in [-0.2, 0) is 10.0 Å². The van der Waals surface area contributed by atoms with Crippen molar-refractivity contribution in [3.63, 3.8) is 0 Å². The van der Waals surface area contributed by atoms with E-state index in [9.17, 15) is 8.42 Å². The van der Waals surface area contributed by atoms with Crippen molar-refractivity contribution in [3.8, 4) is 0 Å². The van der Waals surface area contributed by atoms with Crippen molar-refractivity contribution < 1.29 is 8.42 Å². The number of hydrogen-bond donors (Lipinski definition) is 1. The van der Waals surface area contributed by atoms with Gasteiger partial charge < -0.3 is 5.32 Å². The Hall–Kier alpha value is -0.130. The first-order chi connectivity index (χ1) is 9.47. The Morgan fingerprint density at radius 1 is 1.05 bits per heavy atom. The van der Waals surface area contributed by atoms with Crippen LogP contribution in [-0.4, -0.2) is 44.2 Å². The molecular formula is C15H30N2O2S. The van der Waals surface area contributed by atoms with Crippen molar-refractivity contribution in [2.24, 2.45) is 11.8 Å². The molecule has 0 amide bonds. The molecule has 0 aromatic rings. The smallest absolute Gasteiger partial charge is 0.214 e. The predicted molar refractivity (Wildman–Crippen MR) is 83.2 cm³/mol. The molecule has 0 heterocycles. The van der Waals surface area contributed by atoms with E-state index in [0.29, 0.717) is 23.6 Å². The SMILES string of the molecule is CC(C)NCCCCS(=O)(=O)N(CC1CC1)CC1CC1. The highest BCUT2D eigenvalue weighted by atomic mass is 32.2. The number of unbranched alkanes of at least 4 members (excludes halogenated alkanes) is 1. The summed E-state index contributed by atoms with van der Waals surface area (Å²) in [6, 6.07) is 0.479. The monoisotopic (exact) mass is 302 g/mol. The van der Waals surface area contributed by atoms with Crippen LogP contribution < -0.4 is 5.32 Å². The zero-order valence-electron chi connectivity index (χ0n) is 13.0. The van der Waals surface area contributed by atoms with Crippen molar-refractivity contribution in [1.29, 1.82) is 0 Å². The lowest BCUT2D eigenvalue weighted by Gasteiger charge is -2.22. The Bertz CT molecular complexity index is 373. The lowest BCUT2D eigenvalue weighted by molar-refractivity contribution is 0.381. The van der Waals surface area contributed by atoms with E-state index in [1.54, 1.807) is 4.31 Å². The summed E-state index contributed by atoms with van der Waals surface area (Å²) in [7, 11) is -3.03. The lowest BCUT2D eigenvalue weighted by Crippen LogP contribution is -2.36. The number of nitrogens with zero attached hydrogens (tertiary/aromatic N) is 1. The van der Waals surface area contributed by atoms with Gasteiger partial charge >= 0.3 is 0 Å². The summed E-state index contributed by atoms with van der Waals surface area (Å²) in [5.74, 6) is 1.61. The van der Waals surface area contributed by atoms with Gasteiger partial charge in [0.1, 0.15) is 0 Å². The topological polar surface area (TPSA) is 49.4 Å². The molecule has 1 N–H and O–H groups in total.